The maximum absolute atomic E-state index is 13.2. The van der Waals surface area contributed by atoms with E-state index in [1.54, 1.807) is 25.3 Å². The minimum absolute atomic E-state index is 0.00385. The maximum atomic E-state index is 13.2. The molecule has 3 aromatic rings. The molecule has 7 heteroatoms. The number of aryl methyl sites for hydroxylation is 1. The summed E-state index contributed by atoms with van der Waals surface area (Å²) in [5.41, 5.74) is 2.35. The largest absolute Gasteiger partial charge is 0.497 e. The lowest BCUT2D eigenvalue weighted by molar-refractivity contribution is 0.0747. The van der Waals surface area contributed by atoms with Crippen LogP contribution in [0.5, 0.6) is 5.75 Å². The van der Waals surface area contributed by atoms with Gasteiger partial charge in [0.1, 0.15) is 11.6 Å². The summed E-state index contributed by atoms with van der Waals surface area (Å²) >= 11 is 0. The number of carbonyl (C=O) groups is 1. The van der Waals surface area contributed by atoms with Gasteiger partial charge in [-0.1, -0.05) is 18.9 Å². The lowest BCUT2D eigenvalue weighted by Gasteiger charge is -2.36. The van der Waals surface area contributed by atoms with Crippen LogP contribution in [0.25, 0.3) is 10.9 Å². The van der Waals surface area contributed by atoms with Crippen molar-refractivity contribution in [2.24, 2.45) is 0 Å². The van der Waals surface area contributed by atoms with Crippen molar-refractivity contribution >= 4 is 22.5 Å². The van der Waals surface area contributed by atoms with E-state index >= 15 is 0 Å². The molecule has 0 N–H and O–H groups in total. The fraction of sp³-hybridized carbons (Fsp3) is 0.423. The van der Waals surface area contributed by atoms with Crippen LogP contribution in [0.1, 0.15) is 41.9 Å². The molecule has 2 aromatic carbocycles. The number of methoxy groups -OCH3 is 1. The number of hydrogen-bond acceptors (Lipinski definition) is 5. The fourth-order valence-electron chi connectivity index (χ4n) is 4.89. The number of amides is 1. The van der Waals surface area contributed by atoms with Crippen molar-refractivity contribution in [1.29, 1.82) is 0 Å². The molecule has 0 atom stereocenters. The Morgan fingerprint density at radius 3 is 2.58 bits per heavy atom. The Kier molecular flexibility index (Phi) is 6.03. The number of aromatic nitrogens is 2. The van der Waals surface area contributed by atoms with Crippen LogP contribution in [0.15, 0.2) is 47.3 Å². The molecule has 2 aliphatic heterocycles. The number of hydrogen-bond donors (Lipinski definition) is 0. The van der Waals surface area contributed by atoms with Gasteiger partial charge in [0.05, 0.1) is 18.0 Å². The average Bonchev–Trinajstić information content (AvgIpc) is 2.84. The number of piperazine rings is 1. The molecule has 3 heterocycles. The summed E-state index contributed by atoms with van der Waals surface area (Å²) in [6, 6.07) is 13.4. The molecule has 0 radical (unpaired) electrons. The predicted molar refractivity (Wildman–Crippen MR) is 129 cm³/mol. The first-order chi connectivity index (χ1) is 16.1. The fourth-order valence-corrected chi connectivity index (χ4v) is 4.89. The van der Waals surface area contributed by atoms with Crippen molar-refractivity contribution < 1.29 is 9.53 Å². The lowest BCUT2D eigenvalue weighted by Crippen LogP contribution is -2.48. The van der Waals surface area contributed by atoms with Crippen LogP contribution < -0.4 is 15.2 Å². The highest BCUT2D eigenvalue weighted by atomic mass is 16.5. The van der Waals surface area contributed by atoms with Crippen molar-refractivity contribution in [2.75, 3.05) is 38.2 Å². The van der Waals surface area contributed by atoms with Gasteiger partial charge in [0.15, 0.2) is 0 Å². The predicted octanol–water partition coefficient (Wildman–Crippen LogP) is 3.48. The summed E-state index contributed by atoms with van der Waals surface area (Å²) in [5, 5.41) is 0.596. The third kappa shape index (κ3) is 4.32. The molecule has 1 fully saturated rings. The molecule has 2 aliphatic rings. The third-order valence-electron chi connectivity index (χ3n) is 6.80. The smallest absolute Gasteiger partial charge is 0.261 e. The maximum Gasteiger partial charge on any atom is 0.261 e. The molecule has 0 bridgehead atoms. The highest BCUT2D eigenvalue weighted by Crippen LogP contribution is 2.23. The highest BCUT2D eigenvalue weighted by molar-refractivity contribution is 5.97. The molecular weight excluding hydrogens is 416 g/mol. The molecule has 0 aliphatic carbocycles. The first kappa shape index (κ1) is 21.5. The van der Waals surface area contributed by atoms with Gasteiger partial charge >= 0.3 is 0 Å². The zero-order chi connectivity index (χ0) is 22.8. The number of rotatable bonds is 3. The standard InChI is InChI=1S/C26H30N4O3/c1-33-21-8-6-7-20(18-21)28-13-15-29(16-14-28)25(31)19-10-11-22-23(17-19)27-24-9-4-2-3-5-12-30(24)26(22)32/h6-8,10-11,17-18H,2-5,9,12-16H2,1H3. The normalized spacial score (nSPS) is 16.8. The first-order valence-electron chi connectivity index (χ1n) is 11.9. The van der Waals surface area contributed by atoms with Gasteiger partial charge in [-0.15, -0.1) is 0 Å². The average molecular weight is 447 g/mol. The number of nitrogens with zero attached hydrogens (tertiary/aromatic N) is 4. The number of fused-ring (bicyclic) bond motifs is 2. The Morgan fingerprint density at radius 2 is 1.76 bits per heavy atom. The van der Waals surface area contributed by atoms with Crippen LogP contribution >= 0.6 is 0 Å². The van der Waals surface area contributed by atoms with E-state index in [4.69, 9.17) is 9.72 Å². The monoisotopic (exact) mass is 446 g/mol. The van der Waals surface area contributed by atoms with Gasteiger partial charge < -0.3 is 14.5 Å². The zero-order valence-electron chi connectivity index (χ0n) is 19.1. The molecule has 0 spiro atoms. The van der Waals surface area contributed by atoms with Crippen LogP contribution in [0, 0.1) is 0 Å². The molecule has 33 heavy (non-hydrogen) atoms. The number of carbonyl (C=O) groups excluding carboxylic acids is 1. The second-order valence-electron chi connectivity index (χ2n) is 8.86. The molecule has 1 saturated heterocycles. The minimum Gasteiger partial charge on any atom is -0.497 e. The Labute approximate surface area is 193 Å². The summed E-state index contributed by atoms with van der Waals surface area (Å²) in [6.07, 6.45) is 5.21. The van der Waals surface area contributed by atoms with Gasteiger partial charge in [0.25, 0.3) is 11.5 Å². The molecule has 7 nitrogen and oxygen atoms in total. The van der Waals surface area contributed by atoms with E-state index in [2.05, 4.69) is 11.0 Å². The van der Waals surface area contributed by atoms with E-state index in [0.717, 1.165) is 62.6 Å². The number of benzene rings is 2. The summed E-state index contributed by atoms with van der Waals surface area (Å²) in [6.45, 7) is 3.55. The molecule has 0 saturated carbocycles. The second kappa shape index (κ2) is 9.25. The Morgan fingerprint density at radius 1 is 0.939 bits per heavy atom. The van der Waals surface area contributed by atoms with E-state index in [1.165, 1.54) is 6.42 Å². The van der Waals surface area contributed by atoms with Crippen molar-refractivity contribution in [1.82, 2.24) is 14.5 Å². The second-order valence-corrected chi connectivity index (χ2v) is 8.86. The van der Waals surface area contributed by atoms with Crippen molar-refractivity contribution in [3.8, 4) is 5.75 Å². The van der Waals surface area contributed by atoms with Crippen LogP contribution in [-0.4, -0.2) is 53.6 Å². The van der Waals surface area contributed by atoms with E-state index in [0.29, 0.717) is 29.6 Å². The van der Waals surface area contributed by atoms with Crippen molar-refractivity contribution in [3.63, 3.8) is 0 Å². The van der Waals surface area contributed by atoms with Crippen LogP contribution in [-0.2, 0) is 13.0 Å². The van der Waals surface area contributed by atoms with E-state index in [9.17, 15) is 9.59 Å². The molecular formula is C26H30N4O3. The molecule has 1 amide bonds. The Bertz CT molecular complexity index is 1230. The van der Waals surface area contributed by atoms with E-state index < -0.39 is 0 Å². The topological polar surface area (TPSA) is 67.7 Å². The lowest BCUT2D eigenvalue weighted by atomic mass is 10.1. The summed E-state index contributed by atoms with van der Waals surface area (Å²) in [5.74, 6) is 1.68. The van der Waals surface area contributed by atoms with Crippen LogP contribution in [0.3, 0.4) is 0 Å². The molecule has 0 unspecified atom stereocenters. The van der Waals surface area contributed by atoms with Gasteiger partial charge in [-0.2, -0.15) is 0 Å². The van der Waals surface area contributed by atoms with Gasteiger partial charge in [0, 0.05) is 56.5 Å². The summed E-state index contributed by atoms with van der Waals surface area (Å²) in [4.78, 5) is 35.3. The van der Waals surface area contributed by atoms with Gasteiger partial charge in [-0.3, -0.25) is 14.2 Å². The number of anilines is 1. The molecule has 172 valence electrons. The van der Waals surface area contributed by atoms with Gasteiger partial charge in [-0.25, -0.2) is 4.98 Å². The first-order valence-corrected chi connectivity index (χ1v) is 11.9. The quantitative estimate of drug-likeness (QED) is 0.616. The Hall–Kier alpha value is -3.35. The molecule has 1 aromatic heterocycles. The minimum atomic E-state index is -0.00385. The highest BCUT2D eigenvalue weighted by Gasteiger charge is 2.23. The zero-order valence-corrected chi connectivity index (χ0v) is 19.1. The van der Waals surface area contributed by atoms with Crippen LogP contribution in [0.4, 0.5) is 5.69 Å². The molecule has 5 rings (SSSR count). The van der Waals surface area contributed by atoms with Gasteiger partial charge in [-0.05, 0) is 43.2 Å². The SMILES string of the molecule is COc1cccc(N2CCN(C(=O)c3ccc4c(=O)n5c(nc4c3)CCCCCC5)CC2)c1. The van der Waals surface area contributed by atoms with Crippen molar-refractivity contribution in [2.45, 2.75) is 38.6 Å². The summed E-state index contributed by atoms with van der Waals surface area (Å²) < 4.78 is 7.17. The third-order valence-corrected chi connectivity index (χ3v) is 6.80. The van der Waals surface area contributed by atoms with Crippen molar-refractivity contribution in [3.05, 3.63) is 64.2 Å². The van der Waals surface area contributed by atoms with Crippen LogP contribution in [0.2, 0.25) is 0 Å². The Balaban J connectivity index is 1.34. The van der Waals surface area contributed by atoms with E-state index in [1.807, 2.05) is 27.7 Å². The summed E-state index contributed by atoms with van der Waals surface area (Å²) in [7, 11) is 1.67. The van der Waals surface area contributed by atoms with E-state index in [-0.39, 0.29) is 11.5 Å². The van der Waals surface area contributed by atoms with Gasteiger partial charge in [0.2, 0.25) is 0 Å². The number of ether oxygens (including phenoxy) is 1.